The summed E-state index contributed by atoms with van der Waals surface area (Å²) in [5, 5.41) is 3.96. The highest BCUT2D eigenvalue weighted by Crippen LogP contribution is 2.33. The van der Waals surface area contributed by atoms with Gasteiger partial charge in [0, 0.05) is 18.8 Å². The summed E-state index contributed by atoms with van der Waals surface area (Å²) in [6, 6.07) is 9.17. The molecule has 1 aliphatic heterocycles. The molecule has 0 fully saturated rings. The van der Waals surface area contributed by atoms with E-state index in [1.165, 1.54) is 30.5 Å². The molecule has 1 aromatic carbocycles. The zero-order valence-electron chi connectivity index (χ0n) is 13.3. The van der Waals surface area contributed by atoms with Gasteiger partial charge in [0.2, 0.25) is 5.89 Å². The van der Waals surface area contributed by atoms with Gasteiger partial charge in [-0.3, -0.25) is 0 Å². The number of aromatic nitrogens is 2. The summed E-state index contributed by atoms with van der Waals surface area (Å²) in [6.07, 6.45) is 4.70. The van der Waals surface area contributed by atoms with Gasteiger partial charge in [-0.05, 0) is 30.9 Å². The van der Waals surface area contributed by atoms with Gasteiger partial charge in [-0.2, -0.15) is 4.98 Å². The number of methoxy groups -OCH3 is 1. The van der Waals surface area contributed by atoms with Crippen molar-refractivity contribution >= 4 is 5.69 Å². The molecule has 1 aliphatic rings. The summed E-state index contributed by atoms with van der Waals surface area (Å²) in [5.74, 6) is 1.26. The predicted molar refractivity (Wildman–Crippen MR) is 84.7 cm³/mol. The molecule has 5 heteroatoms. The van der Waals surface area contributed by atoms with Gasteiger partial charge in [0.15, 0.2) is 5.82 Å². The van der Waals surface area contributed by atoms with Crippen molar-refractivity contribution in [1.82, 2.24) is 10.1 Å². The SMILES string of the molecule is CCC[C@@H]1CCc2ccccc2N1Cc1nc(COC)no1. The number of benzene rings is 1. The smallest absolute Gasteiger partial charge is 0.246 e. The van der Waals surface area contributed by atoms with Gasteiger partial charge in [-0.25, -0.2) is 0 Å². The number of aryl methyl sites for hydroxylation is 1. The lowest BCUT2D eigenvalue weighted by Crippen LogP contribution is -2.38. The lowest BCUT2D eigenvalue weighted by Gasteiger charge is -2.38. The first-order valence-corrected chi connectivity index (χ1v) is 7.96. The summed E-state index contributed by atoms with van der Waals surface area (Å²) in [5.41, 5.74) is 2.71. The third-order valence-corrected chi connectivity index (χ3v) is 4.20. The van der Waals surface area contributed by atoms with Crippen LogP contribution < -0.4 is 4.90 Å². The molecule has 1 aromatic heterocycles. The molecule has 1 atom stereocenters. The third kappa shape index (κ3) is 3.14. The Labute approximate surface area is 131 Å². The Morgan fingerprint density at radius 2 is 2.23 bits per heavy atom. The van der Waals surface area contributed by atoms with E-state index in [9.17, 15) is 0 Å². The maximum Gasteiger partial charge on any atom is 0.246 e. The van der Waals surface area contributed by atoms with Crippen molar-refractivity contribution in [1.29, 1.82) is 0 Å². The van der Waals surface area contributed by atoms with Crippen LogP contribution in [0.2, 0.25) is 0 Å². The van der Waals surface area contributed by atoms with E-state index < -0.39 is 0 Å². The normalized spacial score (nSPS) is 17.5. The average Bonchev–Trinajstić information content (AvgIpc) is 2.97. The first-order valence-electron chi connectivity index (χ1n) is 7.96. The van der Waals surface area contributed by atoms with Gasteiger partial charge >= 0.3 is 0 Å². The second kappa shape index (κ2) is 6.92. The van der Waals surface area contributed by atoms with E-state index in [2.05, 4.69) is 46.2 Å². The van der Waals surface area contributed by atoms with E-state index in [0.29, 0.717) is 30.9 Å². The van der Waals surface area contributed by atoms with E-state index >= 15 is 0 Å². The summed E-state index contributed by atoms with van der Waals surface area (Å²) in [7, 11) is 1.63. The van der Waals surface area contributed by atoms with Gasteiger partial charge in [-0.1, -0.05) is 36.7 Å². The van der Waals surface area contributed by atoms with Gasteiger partial charge in [-0.15, -0.1) is 0 Å². The number of fused-ring (bicyclic) bond motifs is 1. The summed E-state index contributed by atoms with van der Waals surface area (Å²) < 4.78 is 10.4. The fraction of sp³-hybridized carbons (Fsp3) is 0.529. The molecule has 0 aliphatic carbocycles. The van der Waals surface area contributed by atoms with E-state index in [4.69, 9.17) is 9.26 Å². The van der Waals surface area contributed by atoms with Crippen molar-refractivity contribution in [2.45, 2.75) is 51.8 Å². The summed E-state index contributed by atoms with van der Waals surface area (Å²) in [6.45, 7) is 3.29. The van der Waals surface area contributed by atoms with Crippen LogP contribution >= 0.6 is 0 Å². The lowest BCUT2D eigenvalue weighted by molar-refractivity contribution is 0.174. The topological polar surface area (TPSA) is 51.4 Å². The monoisotopic (exact) mass is 301 g/mol. The van der Waals surface area contributed by atoms with Gasteiger partial charge in [0.1, 0.15) is 6.61 Å². The van der Waals surface area contributed by atoms with E-state index in [-0.39, 0.29) is 0 Å². The molecule has 0 amide bonds. The molecule has 0 unspecified atom stereocenters. The zero-order chi connectivity index (χ0) is 15.4. The second-order valence-electron chi connectivity index (χ2n) is 5.78. The Balaban J connectivity index is 1.83. The molecule has 3 rings (SSSR count). The molecular weight excluding hydrogens is 278 g/mol. The van der Waals surface area contributed by atoms with E-state index in [1.54, 1.807) is 7.11 Å². The minimum atomic E-state index is 0.387. The number of rotatable bonds is 6. The zero-order valence-corrected chi connectivity index (χ0v) is 13.3. The van der Waals surface area contributed by atoms with Crippen LogP contribution in [0.5, 0.6) is 0 Å². The summed E-state index contributed by atoms with van der Waals surface area (Å²) >= 11 is 0. The Bertz CT molecular complexity index is 611. The van der Waals surface area contributed by atoms with Crippen LogP contribution in [0.25, 0.3) is 0 Å². The first-order chi connectivity index (χ1) is 10.8. The minimum Gasteiger partial charge on any atom is -0.377 e. The highest BCUT2D eigenvalue weighted by molar-refractivity contribution is 5.56. The molecule has 0 radical (unpaired) electrons. The Kier molecular flexibility index (Phi) is 4.73. The van der Waals surface area contributed by atoms with Crippen molar-refractivity contribution in [3.8, 4) is 0 Å². The number of hydrogen-bond donors (Lipinski definition) is 0. The second-order valence-corrected chi connectivity index (χ2v) is 5.78. The number of para-hydroxylation sites is 1. The van der Waals surface area contributed by atoms with Crippen LogP contribution in [0, 0.1) is 0 Å². The van der Waals surface area contributed by atoms with Crippen molar-refractivity contribution in [3.63, 3.8) is 0 Å². The van der Waals surface area contributed by atoms with Gasteiger partial charge < -0.3 is 14.2 Å². The first kappa shape index (κ1) is 15.0. The number of ether oxygens (including phenoxy) is 1. The lowest BCUT2D eigenvalue weighted by atomic mass is 9.93. The van der Waals surface area contributed by atoms with Crippen molar-refractivity contribution in [2.75, 3.05) is 12.0 Å². The van der Waals surface area contributed by atoms with Gasteiger partial charge in [0.05, 0.1) is 6.54 Å². The van der Waals surface area contributed by atoms with Gasteiger partial charge in [0.25, 0.3) is 0 Å². The van der Waals surface area contributed by atoms with Crippen LogP contribution in [-0.2, 0) is 24.3 Å². The fourth-order valence-electron chi connectivity index (χ4n) is 3.21. The highest BCUT2D eigenvalue weighted by atomic mass is 16.5. The largest absolute Gasteiger partial charge is 0.377 e. The number of anilines is 1. The van der Waals surface area contributed by atoms with E-state index in [1.807, 2.05) is 0 Å². The number of hydrogen-bond acceptors (Lipinski definition) is 5. The predicted octanol–water partition coefficient (Wildman–Crippen LogP) is 3.34. The maximum atomic E-state index is 5.38. The maximum absolute atomic E-state index is 5.38. The molecule has 0 saturated heterocycles. The molecule has 2 aromatic rings. The van der Waals surface area contributed by atoms with Crippen LogP contribution in [0.15, 0.2) is 28.8 Å². The number of nitrogens with zero attached hydrogens (tertiary/aromatic N) is 3. The van der Waals surface area contributed by atoms with E-state index in [0.717, 1.165) is 6.42 Å². The van der Waals surface area contributed by atoms with Crippen molar-refractivity contribution < 1.29 is 9.26 Å². The molecular formula is C17H23N3O2. The molecule has 0 bridgehead atoms. The molecule has 0 saturated carbocycles. The Morgan fingerprint density at radius 1 is 1.36 bits per heavy atom. The molecule has 2 heterocycles. The molecule has 0 spiro atoms. The van der Waals surface area contributed by atoms with Crippen molar-refractivity contribution in [3.05, 3.63) is 41.5 Å². The molecule has 0 N–H and O–H groups in total. The minimum absolute atomic E-state index is 0.387. The molecule has 22 heavy (non-hydrogen) atoms. The Morgan fingerprint density at radius 3 is 3.05 bits per heavy atom. The van der Waals surface area contributed by atoms with Crippen LogP contribution in [0.1, 0.15) is 43.5 Å². The average molecular weight is 301 g/mol. The van der Waals surface area contributed by atoms with Crippen molar-refractivity contribution in [2.24, 2.45) is 0 Å². The standard InChI is InChI=1S/C17H23N3O2/c1-3-6-14-10-9-13-7-4-5-8-15(13)20(14)11-17-18-16(12-21-2)19-22-17/h4-5,7-8,14H,3,6,9-12H2,1-2H3/t14-/m1/s1. The Hall–Kier alpha value is -1.88. The van der Waals surface area contributed by atoms with Crippen LogP contribution in [-0.4, -0.2) is 23.3 Å². The molecule has 5 nitrogen and oxygen atoms in total. The third-order valence-electron chi connectivity index (χ3n) is 4.20. The quantitative estimate of drug-likeness (QED) is 0.819. The fourth-order valence-corrected chi connectivity index (χ4v) is 3.21. The van der Waals surface area contributed by atoms with Crippen LogP contribution in [0.4, 0.5) is 5.69 Å². The molecule has 118 valence electrons. The van der Waals surface area contributed by atoms with Crippen LogP contribution in [0.3, 0.4) is 0 Å². The summed E-state index contributed by atoms with van der Waals surface area (Å²) in [4.78, 5) is 6.84. The highest BCUT2D eigenvalue weighted by Gasteiger charge is 2.26.